The van der Waals surface area contributed by atoms with Crippen LogP contribution in [0.4, 0.5) is 5.82 Å². The zero-order valence-corrected chi connectivity index (χ0v) is 22.5. The maximum Gasteiger partial charge on any atom is 0.230 e. The zero-order chi connectivity index (χ0) is 25.0. The fourth-order valence-electron chi connectivity index (χ4n) is 4.64. The third-order valence-electron chi connectivity index (χ3n) is 6.39. The molecule has 0 unspecified atom stereocenters. The Kier molecular flexibility index (Phi) is 8.22. The van der Waals surface area contributed by atoms with Gasteiger partial charge in [0.25, 0.3) is 0 Å². The highest BCUT2D eigenvalue weighted by atomic mass is 35.5. The van der Waals surface area contributed by atoms with Gasteiger partial charge in [-0.15, -0.1) is 0 Å². The van der Waals surface area contributed by atoms with Gasteiger partial charge < -0.3 is 10.6 Å². The van der Waals surface area contributed by atoms with Crippen LogP contribution in [0.15, 0.2) is 35.6 Å². The van der Waals surface area contributed by atoms with Gasteiger partial charge >= 0.3 is 0 Å². The minimum Gasteiger partial charge on any atom is -0.369 e. The third-order valence-corrected chi connectivity index (χ3v) is 7.51. The maximum atomic E-state index is 13.4. The molecule has 2 N–H and O–H groups in total. The van der Waals surface area contributed by atoms with E-state index in [9.17, 15) is 4.79 Å². The van der Waals surface area contributed by atoms with Gasteiger partial charge in [0.05, 0.1) is 23.5 Å². The average Bonchev–Trinajstić information content (AvgIpc) is 3.46. The number of carbonyl (C=O) groups excluding carboxylic acids is 1. The van der Waals surface area contributed by atoms with E-state index in [2.05, 4.69) is 43.4 Å². The van der Waals surface area contributed by atoms with Gasteiger partial charge in [-0.05, 0) is 36.5 Å². The Morgan fingerprint density at radius 2 is 1.86 bits per heavy atom. The Balaban J connectivity index is 1.51. The fraction of sp³-hybridized carbons (Fsp3) is 0.538. The standard InChI is InChI=1S/C26H35ClN6OS/c1-17(2)15-29-22-21-16-30-33(23(21)32-25(31-22)35-18(3)4)14-13-28-24(34)26(11-5-6-12-26)19-7-9-20(27)10-8-19/h7-10,16-18H,5-6,11-15H2,1-4H3,(H,28,34)(H,29,31,32). The molecule has 1 amide bonds. The molecule has 0 radical (unpaired) electrons. The monoisotopic (exact) mass is 514 g/mol. The summed E-state index contributed by atoms with van der Waals surface area (Å²) in [6, 6.07) is 7.73. The Morgan fingerprint density at radius 3 is 2.51 bits per heavy atom. The normalized spacial score (nSPS) is 15.3. The first-order valence-electron chi connectivity index (χ1n) is 12.5. The van der Waals surface area contributed by atoms with E-state index in [-0.39, 0.29) is 5.91 Å². The number of thioether (sulfide) groups is 1. The van der Waals surface area contributed by atoms with Crippen molar-refractivity contribution < 1.29 is 4.79 Å². The highest BCUT2D eigenvalue weighted by Gasteiger charge is 2.42. The second-order valence-corrected chi connectivity index (χ2v) is 11.9. The molecular formula is C26H35ClN6OS. The summed E-state index contributed by atoms with van der Waals surface area (Å²) in [5.74, 6) is 1.39. The largest absolute Gasteiger partial charge is 0.369 e. The molecule has 0 bridgehead atoms. The summed E-state index contributed by atoms with van der Waals surface area (Å²) in [6.45, 7) is 10.4. The zero-order valence-electron chi connectivity index (χ0n) is 21.0. The quantitative estimate of drug-likeness (QED) is 0.267. The smallest absolute Gasteiger partial charge is 0.230 e. The molecule has 1 aromatic carbocycles. The number of fused-ring (bicyclic) bond motifs is 1. The highest BCUT2D eigenvalue weighted by molar-refractivity contribution is 7.99. The number of carbonyl (C=O) groups is 1. The first kappa shape index (κ1) is 25.8. The van der Waals surface area contributed by atoms with Crippen molar-refractivity contribution in [2.45, 2.75) is 75.7 Å². The van der Waals surface area contributed by atoms with Gasteiger partial charge in [-0.3, -0.25) is 4.79 Å². The lowest BCUT2D eigenvalue weighted by Gasteiger charge is -2.28. The topological polar surface area (TPSA) is 84.7 Å². The number of nitrogens with zero attached hydrogens (tertiary/aromatic N) is 4. The van der Waals surface area contributed by atoms with Crippen molar-refractivity contribution in [1.82, 2.24) is 25.1 Å². The van der Waals surface area contributed by atoms with Crippen LogP contribution in [0, 0.1) is 5.92 Å². The van der Waals surface area contributed by atoms with Crippen LogP contribution in [-0.2, 0) is 16.8 Å². The second-order valence-electron chi connectivity index (χ2n) is 9.95. The van der Waals surface area contributed by atoms with Gasteiger partial charge in [-0.1, -0.05) is 76.0 Å². The van der Waals surface area contributed by atoms with E-state index in [1.54, 1.807) is 11.8 Å². The van der Waals surface area contributed by atoms with E-state index >= 15 is 0 Å². The first-order chi connectivity index (χ1) is 16.8. The molecule has 3 aromatic rings. The van der Waals surface area contributed by atoms with Gasteiger partial charge in [0, 0.05) is 23.4 Å². The Morgan fingerprint density at radius 1 is 1.14 bits per heavy atom. The number of halogens is 1. The predicted molar refractivity (Wildman–Crippen MR) is 144 cm³/mol. The molecule has 188 valence electrons. The maximum absolute atomic E-state index is 13.4. The van der Waals surface area contributed by atoms with Crippen LogP contribution in [0.5, 0.6) is 0 Å². The molecular weight excluding hydrogens is 480 g/mol. The predicted octanol–water partition coefficient (Wildman–Crippen LogP) is 5.68. The third kappa shape index (κ3) is 5.92. The number of hydrogen-bond acceptors (Lipinski definition) is 6. The SMILES string of the molecule is CC(C)CNc1nc(SC(C)C)nc2c1cnn2CCNC(=O)C1(c2ccc(Cl)cc2)CCCC1. The highest BCUT2D eigenvalue weighted by Crippen LogP contribution is 2.41. The number of aromatic nitrogens is 4. The Labute approximate surface area is 216 Å². The van der Waals surface area contributed by atoms with Crippen LogP contribution in [0.3, 0.4) is 0 Å². The molecule has 4 rings (SSSR count). The van der Waals surface area contributed by atoms with E-state index in [4.69, 9.17) is 21.6 Å². The number of amides is 1. The summed E-state index contributed by atoms with van der Waals surface area (Å²) in [5, 5.41) is 13.9. The summed E-state index contributed by atoms with van der Waals surface area (Å²) in [6.07, 6.45) is 5.65. The van der Waals surface area contributed by atoms with Crippen molar-refractivity contribution in [1.29, 1.82) is 0 Å². The number of anilines is 1. The molecule has 1 aliphatic rings. The molecule has 0 spiro atoms. The van der Waals surface area contributed by atoms with Crippen LogP contribution >= 0.6 is 23.4 Å². The molecule has 1 fully saturated rings. The van der Waals surface area contributed by atoms with Crippen molar-refractivity contribution in [3.8, 4) is 0 Å². The van der Waals surface area contributed by atoms with Crippen molar-refractivity contribution >= 4 is 46.1 Å². The van der Waals surface area contributed by atoms with Crippen molar-refractivity contribution in [3.05, 3.63) is 41.0 Å². The fourth-order valence-corrected chi connectivity index (χ4v) is 5.47. The molecule has 0 atom stereocenters. The van der Waals surface area contributed by atoms with Gasteiger partial charge in [0.15, 0.2) is 10.8 Å². The summed E-state index contributed by atoms with van der Waals surface area (Å²) in [7, 11) is 0. The van der Waals surface area contributed by atoms with E-state index in [0.717, 1.165) is 59.8 Å². The Hall–Kier alpha value is -2.32. The van der Waals surface area contributed by atoms with E-state index in [1.807, 2.05) is 35.1 Å². The molecule has 0 aliphatic heterocycles. The lowest BCUT2D eigenvalue weighted by Crippen LogP contribution is -2.43. The minimum absolute atomic E-state index is 0.0822. The lowest BCUT2D eigenvalue weighted by atomic mass is 9.78. The van der Waals surface area contributed by atoms with Crippen molar-refractivity contribution in [2.75, 3.05) is 18.4 Å². The molecule has 2 heterocycles. The molecule has 35 heavy (non-hydrogen) atoms. The van der Waals surface area contributed by atoms with E-state index in [1.165, 1.54) is 0 Å². The van der Waals surface area contributed by atoms with Crippen LogP contribution in [0.1, 0.15) is 58.9 Å². The molecule has 9 heteroatoms. The number of hydrogen-bond donors (Lipinski definition) is 2. The molecule has 1 aliphatic carbocycles. The number of rotatable bonds is 10. The van der Waals surface area contributed by atoms with Crippen molar-refractivity contribution in [2.24, 2.45) is 5.92 Å². The summed E-state index contributed by atoms with van der Waals surface area (Å²) >= 11 is 7.72. The van der Waals surface area contributed by atoms with Crippen LogP contribution in [0.2, 0.25) is 5.02 Å². The average molecular weight is 515 g/mol. The number of nitrogens with one attached hydrogen (secondary N) is 2. The van der Waals surface area contributed by atoms with Crippen molar-refractivity contribution in [3.63, 3.8) is 0 Å². The minimum atomic E-state index is -0.478. The summed E-state index contributed by atoms with van der Waals surface area (Å²) in [5.41, 5.74) is 1.36. The lowest BCUT2D eigenvalue weighted by molar-refractivity contribution is -0.126. The van der Waals surface area contributed by atoms with E-state index in [0.29, 0.717) is 29.3 Å². The Bertz CT molecular complexity index is 1150. The molecule has 0 saturated heterocycles. The van der Waals surface area contributed by atoms with Gasteiger partial charge in [0.2, 0.25) is 5.91 Å². The summed E-state index contributed by atoms with van der Waals surface area (Å²) in [4.78, 5) is 22.9. The summed E-state index contributed by atoms with van der Waals surface area (Å²) < 4.78 is 1.87. The van der Waals surface area contributed by atoms with Crippen LogP contribution in [0.25, 0.3) is 11.0 Å². The molecule has 1 saturated carbocycles. The van der Waals surface area contributed by atoms with Crippen LogP contribution < -0.4 is 10.6 Å². The van der Waals surface area contributed by atoms with E-state index < -0.39 is 5.41 Å². The number of benzene rings is 1. The van der Waals surface area contributed by atoms with Gasteiger partial charge in [0.1, 0.15) is 5.82 Å². The second kappa shape index (κ2) is 11.2. The molecule has 2 aromatic heterocycles. The van der Waals surface area contributed by atoms with Gasteiger partial charge in [-0.2, -0.15) is 5.10 Å². The van der Waals surface area contributed by atoms with Crippen LogP contribution in [-0.4, -0.2) is 44.0 Å². The first-order valence-corrected chi connectivity index (χ1v) is 13.7. The molecule has 7 nitrogen and oxygen atoms in total. The van der Waals surface area contributed by atoms with Gasteiger partial charge in [-0.25, -0.2) is 14.6 Å².